The molecule has 0 aliphatic carbocycles. The zero-order valence-corrected chi connectivity index (χ0v) is 13.4. The molecule has 0 bridgehead atoms. The Morgan fingerprint density at radius 3 is 2.55 bits per heavy atom. The number of anilines is 1. The first kappa shape index (κ1) is 15.1. The predicted molar refractivity (Wildman–Crippen MR) is 93.6 cm³/mol. The number of carbonyl (C=O) groups is 1. The van der Waals surface area contributed by atoms with Crippen LogP contribution in [0.15, 0.2) is 59.5 Å². The first-order chi connectivity index (χ1) is 10.6. The summed E-state index contributed by atoms with van der Waals surface area (Å²) >= 11 is 7.13. The molecule has 1 aliphatic heterocycles. The van der Waals surface area contributed by atoms with E-state index in [1.165, 1.54) is 0 Å². The van der Waals surface area contributed by atoms with E-state index in [0.29, 0.717) is 11.5 Å². The van der Waals surface area contributed by atoms with Crippen LogP contribution < -0.4 is 4.90 Å². The van der Waals surface area contributed by atoms with Gasteiger partial charge in [-0.1, -0.05) is 54.7 Å². The predicted octanol–water partition coefficient (Wildman–Crippen LogP) is 3.97. The van der Waals surface area contributed by atoms with Crippen LogP contribution in [0.5, 0.6) is 0 Å². The Labute approximate surface area is 139 Å². The van der Waals surface area contributed by atoms with Gasteiger partial charge in [0, 0.05) is 11.4 Å². The highest BCUT2D eigenvalue weighted by molar-refractivity contribution is 8.02. The van der Waals surface area contributed by atoms with Crippen molar-refractivity contribution >= 4 is 40.6 Å². The maximum Gasteiger partial charge on any atom is 0.304 e. The van der Waals surface area contributed by atoms with Gasteiger partial charge in [-0.2, -0.15) is 0 Å². The van der Waals surface area contributed by atoms with Crippen molar-refractivity contribution in [3.05, 3.63) is 60.2 Å². The number of nitrogens with zero attached hydrogens (tertiary/aromatic N) is 1. The molecule has 0 spiro atoms. The molecule has 2 aromatic rings. The molecule has 22 heavy (non-hydrogen) atoms. The van der Waals surface area contributed by atoms with Crippen molar-refractivity contribution in [1.82, 2.24) is 0 Å². The molecule has 5 heteroatoms. The number of para-hydroxylation sites is 1. The van der Waals surface area contributed by atoms with Gasteiger partial charge in [0.1, 0.15) is 0 Å². The molecule has 3 rings (SSSR count). The summed E-state index contributed by atoms with van der Waals surface area (Å²) in [5.74, 6) is -0.820. The van der Waals surface area contributed by atoms with Crippen molar-refractivity contribution in [2.45, 2.75) is 23.1 Å². The molecule has 112 valence electrons. The highest BCUT2D eigenvalue weighted by Gasteiger charge is 2.31. The molecule has 1 heterocycles. The smallest absolute Gasteiger partial charge is 0.304 e. The van der Waals surface area contributed by atoms with Crippen LogP contribution >= 0.6 is 24.0 Å². The van der Waals surface area contributed by atoms with Crippen molar-refractivity contribution in [2.75, 3.05) is 4.90 Å². The second-order valence-electron chi connectivity index (χ2n) is 5.08. The van der Waals surface area contributed by atoms with E-state index >= 15 is 0 Å². The highest BCUT2D eigenvalue weighted by Crippen LogP contribution is 2.41. The van der Waals surface area contributed by atoms with E-state index in [9.17, 15) is 4.79 Å². The van der Waals surface area contributed by atoms with Crippen molar-refractivity contribution in [3.8, 4) is 0 Å². The minimum Gasteiger partial charge on any atom is -0.481 e. The van der Waals surface area contributed by atoms with E-state index in [4.69, 9.17) is 17.3 Å². The van der Waals surface area contributed by atoms with E-state index in [2.05, 4.69) is 17.0 Å². The minimum atomic E-state index is -0.820. The van der Waals surface area contributed by atoms with Crippen LogP contribution in [0.2, 0.25) is 0 Å². The van der Waals surface area contributed by atoms with Gasteiger partial charge in [0.2, 0.25) is 0 Å². The van der Waals surface area contributed by atoms with E-state index in [-0.39, 0.29) is 11.7 Å². The molecular weight excluding hydrogens is 314 g/mol. The molecule has 1 N–H and O–H groups in total. The summed E-state index contributed by atoms with van der Waals surface area (Å²) in [6, 6.07) is 18.1. The SMILES string of the molecule is O=C(O)CC1Sc2ccccc2N(Cc2ccccc2)C1=S. The first-order valence-electron chi connectivity index (χ1n) is 6.98. The highest BCUT2D eigenvalue weighted by atomic mass is 32.2. The number of hydrogen-bond acceptors (Lipinski definition) is 3. The Bertz CT molecular complexity index is 703. The molecule has 0 fully saturated rings. The molecule has 0 aromatic heterocycles. The summed E-state index contributed by atoms with van der Waals surface area (Å²) in [7, 11) is 0. The van der Waals surface area contributed by atoms with Crippen molar-refractivity contribution < 1.29 is 9.90 Å². The Morgan fingerprint density at radius 1 is 1.14 bits per heavy atom. The fraction of sp³-hybridized carbons (Fsp3) is 0.176. The Balaban J connectivity index is 1.94. The number of hydrogen-bond donors (Lipinski definition) is 1. The van der Waals surface area contributed by atoms with Gasteiger partial charge < -0.3 is 10.0 Å². The van der Waals surface area contributed by atoms with Gasteiger partial charge in [-0.3, -0.25) is 4.79 Å². The molecule has 0 amide bonds. The lowest BCUT2D eigenvalue weighted by Crippen LogP contribution is -2.40. The van der Waals surface area contributed by atoms with E-state index in [1.807, 2.05) is 42.5 Å². The molecule has 1 aliphatic rings. The maximum atomic E-state index is 11.1. The van der Waals surface area contributed by atoms with Crippen LogP contribution in [0.3, 0.4) is 0 Å². The first-order valence-corrected chi connectivity index (χ1v) is 8.27. The normalized spacial score (nSPS) is 17.2. The molecular formula is C17H15NO2S2. The number of carboxylic acids is 1. The van der Waals surface area contributed by atoms with Gasteiger partial charge in [-0.15, -0.1) is 11.8 Å². The van der Waals surface area contributed by atoms with Crippen LogP contribution in [0, 0.1) is 0 Å². The molecule has 0 radical (unpaired) electrons. The molecule has 0 saturated carbocycles. The van der Waals surface area contributed by atoms with Crippen LogP contribution in [0.25, 0.3) is 0 Å². The van der Waals surface area contributed by atoms with E-state index in [0.717, 1.165) is 16.1 Å². The number of fused-ring (bicyclic) bond motifs is 1. The number of carboxylic acid groups (broad SMARTS) is 1. The second kappa shape index (κ2) is 6.50. The second-order valence-corrected chi connectivity index (χ2v) is 6.74. The number of thiocarbonyl (C=S) groups is 1. The lowest BCUT2D eigenvalue weighted by atomic mass is 10.1. The largest absolute Gasteiger partial charge is 0.481 e. The summed E-state index contributed by atoms with van der Waals surface area (Å²) in [4.78, 5) is 14.9. The molecule has 1 atom stereocenters. The van der Waals surface area contributed by atoms with Gasteiger partial charge in [-0.05, 0) is 17.7 Å². The summed E-state index contributed by atoms with van der Waals surface area (Å²) in [5.41, 5.74) is 2.21. The average Bonchev–Trinajstić information content (AvgIpc) is 2.52. The minimum absolute atomic E-state index is 0.0448. The summed E-state index contributed by atoms with van der Waals surface area (Å²) in [6.07, 6.45) is 0.0448. The molecule has 3 nitrogen and oxygen atoms in total. The van der Waals surface area contributed by atoms with Crippen LogP contribution in [0.1, 0.15) is 12.0 Å². The molecule has 0 saturated heterocycles. The topological polar surface area (TPSA) is 40.5 Å². The summed E-state index contributed by atoms with van der Waals surface area (Å²) in [5, 5.41) is 8.91. The quantitative estimate of drug-likeness (QED) is 0.860. The van der Waals surface area contributed by atoms with Gasteiger partial charge in [0.05, 0.1) is 22.3 Å². The molecule has 2 aromatic carbocycles. The Hall–Kier alpha value is -1.85. The van der Waals surface area contributed by atoms with E-state index in [1.54, 1.807) is 11.8 Å². The number of thioether (sulfide) groups is 1. The van der Waals surface area contributed by atoms with Crippen molar-refractivity contribution in [2.24, 2.45) is 0 Å². The average molecular weight is 329 g/mol. The number of benzene rings is 2. The van der Waals surface area contributed by atoms with Gasteiger partial charge in [0.15, 0.2) is 0 Å². The number of aliphatic carboxylic acids is 1. The van der Waals surface area contributed by atoms with Gasteiger partial charge in [0.25, 0.3) is 0 Å². The Kier molecular flexibility index (Phi) is 4.45. The summed E-state index contributed by atoms with van der Waals surface area (Å²) < 4.78 is 0. The van der Waals surface area contributed by atoms with Crippen molar-refractivity contribution in [1.29, 1.82) is 0 Å². The zero-order chi connectivity index (χ0) is 15.5. The Morgan fingerprint density at radius 2 is 1.82 bits per heavy atom. The van der Waals surface area contributed by atoms with Gasteiger partial charge >= 0.3 is 5.97 Å². The van der Waals surface area contributed by atoms with E-state index < -0.39 is 5.97 Å². The van der Waals surface area contributed by atoms with Crippen LogP contribution in [-0.4, -0.2) is 21.3 Å². The summed E-state index contributed by atoms with van der Waals surface area (Å²) in [6.45, 7) is 0.660. The maximum absolute atomic E-state index is 11.1. The standard InChI is InChI=1S/C17H15NO2S2/c19-16(20)10-15-17(21)18(11-12-6-2-1-3-7-12)13-8-4-5-9-14(13)22-15/h1-9,15H,10-11H2,(H,19,20). The number of rotatable bonds is 4. The fourth-order valence-electron chi connectivity index (χ4n) is 2.49. The van der Waals surface area contributed by atoms with Crippen molar-refractivity contribution in [3.63, 3.8) is 0 Å². The lowest BCUT2D eigenvalue weighted by molar-refractivity contribution is -0.136. The van der Waals surface area contributed by atoms with Crippen LogP contribution in [-0.2, 0) is 11.3 Å². The third-order valence-electron chi connectivity index (χ3n) is 3.51. The fourth-order valence-corrected chi connectivity index (χ4v) is 4.10. The zero-order valence-electron chi connectivity index (χ0n) is 11.8. The third-order valence-corrected chi connectivity index (χ3v) is 5.44. The lowest BCUT2D eigenvalue weighted by Gasteiger charge is -2.35. The monoisotopic (exact) mass is 329 g/mol. The van der Waals surface area contributed by atoms with Crippen LogP contribution in [0.4, 0.5) is 5.69 Å². The molecule has 1 unspecified atom stereocenters. The third kappa shape index (κ3) is 3.15. The van der Waals surface area contributed by atoms with Gasteiger partial charge in [-0.25, -0.2) is 0 Å².